The summed E-state index contributed by atoms with van der Waals surface area (Å²) in [5.74, 6) is 0.430. The van der Waals surface area contributed by atoms with E-state index in [2.05, 4.69) is 5.32 Å². The molecule has 3 rings (SSSR count). The van der Waals surface area contributed by atoms with E-state index >= 15 is 0 Å². The molecule has 1 aliphatic rings. The normalized spacial score (nSPS) is 18.1. The minimum Gasteiger partial charge on any atom is -0.487 e. The zero-order valence-electron chi connectivity index (χ0n) is 15.9. The number of para-hydroxylation sites is 2. The van der Waals surface area contributed by atoms with E-state index in [9.17, 15) is 13.2 Å². The average Bonchev–Trinajstić information content (AvgIpc) is 2.59. The summed E-state index contributed by atoms with van der Waals surface area (Å²) >= 11 is 0. The van der Waals surface area contributed by atoms with Gasteiger partial charge in [0, 0.05) is 19.0 Å². The number of nitrogens with zero attached hydrogens (tertiary/aromatic N) is 1. The number of benzene rings is 2. The van der Waals surface area contributed by atoms with E-state index < -0.39 is 15.6 Å². The second kappa shape index (κ2) is 6.88. The molecule has 0 saturated heterocycles. The van der Waals surface area contributed by atoms with Gasteiger partial charge in [0.15, 0.2) is 0 Å². The second-order valence-electron chi connectivity index (χ2n) is 7.38. The van der Waals surface area contributed by atoms with Crippen molar-refractivity contribution >= 4 is 21.6 Å². The Bertz CT molecular complexity index is 969. The molecule has 1 atom stereocenters. The zero-order chi connectivity index (χ0) is 19.8. The van der Waals surface area contributed by atoms with Crippen LogP contribution in [0.2, 0.25) is 0 Å². The highest BCUT2D eigenvalue weighted by Crippen LogP contribution is 2.39. The fourth-order valence-corrected chi connectivity index (χ4v) is 3.80. The first-order valence-electron chi connectivity index (χ1n) is 8.70. The first-order chi connectivity index (χ1) is 12.6. The Morgan fingerprint density at radius 3 is 2.48 bits per heavy atom. The summed E-state index contributed by atoms with van der Waals surface area (Å²) in [4.78, 5) is 13.0. The van der Waals surface area contributed by atoms with Crippen LogP contribution in [0.1, 0.15) is 42.2 Å². The molecule has 1 amide bonds. The Morgan fingerprint density at radius 1 is 1.15 bits per heavy atom. The number of rotatable bonds is 4. The van der Waals surface area contributed by atoms with E-state index in [0.717, 1.165) is 21.9 Å². The summed E-state index contributed by atoms with van der Waals surface area (Å²) in [6, 6.07) is 14.1. The van der Waals surface area contributed by atoms with Crippen LogP contribution in [0.4, 0.5) is 5.69 Å². The lowest BCUT2D eigenvalue weighted by atomic mass is 9.89. The van der Waals surface area contributed by atoms with Crippen LogP contribution in [0.15, 0.2) is 48.5 Å². The molecular formula is C20H24N2O4S. The second-order valence-corrected chi connectivity index (χ2v) is 9.39. The molecule has 1 aliphatic heterocycles. The number of hydrogen-bond acceptors (Lipinski definition) is 4. The molecule has 6 nitrogen and oxygen atoms in total. The number of carbonyl (C=O) groups is 1. The number of anilines is 1. The lowest BCUT2D eigenvalue weighted by molar-refractivity contribution is 0.0620. The largest absolute Gasteiger partial charge is 0.487 e. The Labute approximate surface area is 160 Å². The van der Waals surface area contributed by atoms with Crippen LogP contribution in [-0.2, 0) is 10.0 Å². The maximum atomic E-state index is 13.0. The maximum Gasteiger partial charge on any atom is 0.253 e. The Kier molecular flexibility index (Phi) is 4.90. The van der Waals surface area contributed by atoms with Crippen molar-refractivity contribution in [1.82, 2.24) is 5.32 Å². The van der Waals surface area contributed by atoms with Gasteiger partial charge >= 0.3 is 0 Å². The van der Waals surface area contributed by atoms with Crippen molar-refractivity contribution < 1.29 is 17.9 Å². The molecule has 144 valence electrons. The van der Waals surface area contributed by atoms with E-state index in [1.807, 2.05) is 38.1 Å². The molecule has 0 radical (unpaired) electrons. The van der Waals surface area contributed by atoms with E-state index in [1.54, 1.807) is 24.3 Å². The standard InChI is InChI=1S/C20H24N2O4S/c1-20(2)13-16(14-9-6-8-12-18(14)26-20)21-19(23)15-10-5-7-11-17(15)22(3)27(4,24)25/h5-12,16H,13H2,1-4H3,(H,21,23)/t16-/m0/s1. The predicted molar refractivity (Wildman–Crippen MR) is 106 cm³/mol. The number of ether oxygens (including phenoxy) is 1. The van der Waals surface area contributed by atoms with Gasteiger partial charge in [0.25, 0.3) is 5.91 Å². The molecule has 7 heteroatoms. The SMILES string of the molecule is CN(c1ccccc1C(=O)N[C@H]1CC(C)(C)Oc2ccccc21)S(C)(=O)=O. The number of hydrogen-bond donors (Lipinski definition) is 1. The molecule has 2 aromatic rings. The minimum absolute atomic E-state index is 0.228. The fraction of sp³-hybridized carbons (Fsp3) is 0.350. The molecule has 1 heterocycles. The van der Waals surface area contributed by atoms with Crippen molar-refractivity contribution in [3.63, 3.8) is 0 Å². The molecule has 0 unspecified atom stereocenters. The van der Waals surface area contributed by atoms with E-state index in [4.69, 9.17) is 4.74 Å². The first-order valence-corrected chi connectivity index (χ1v) is 10.5. The number of carbonyl (C=O) groups excluding carboxylic acids is 1. The van der Waals surface area contributed by atoms with Crippen molar-refractivity contribution in [2.75, 3.05) is 17.6 Å². The zero-order valence-corrected chi connectivity index (χ0v) is 16.7. The Hall–Kier alpha value is -2.54. The van der Waals surface area contributed by atoms with Crippen molar-refractivity contribution in [1.29, 1.82) is 0 Å². The third kappa shape index (κ3) is 4.08. The summed E-state index contributed by atoms with van der Waals surface area (Å²) in [6.07, 6.45) is 1.72. The highest BCUT2D eigenvalue weighted by Gasteiger charge is 2.34. The van der Waals surface area contributed by atoms with Crippen molar-refractivity contribution in [2.45, 2.75) is 31.9 Å². The lowest BCUT2D eigenvalue weighted by Crippen LogP contribution is -2.41. The van der Waals surface area contributed by atoms with Gasteiger partial charge in [0.2, 0.25) is 10.0 Å². The monoisotopic (exact) mass is 388 g/mol. The summed E-state index contributed by atoms with van der Waals surface area (Å²) in [5.41, 5.74) is 1.15. The first kappa shape index (κ1) is 19.2. The molecule has 0 bridgehead atoms. The van der Waals surface area contributed by atoms with Gasteiger partial charge in [-0.15, -0.1) is 0 Å². The van der Waals surface area contributed by atoms with Crippen LogP contribution in [0.25, 0.3) is 0 Å². The summed E-state index contributed by atoms with van der Waals surface area (Å²) in [5, 5.41) is 3.05. The third-order valence-electron chi connectivity index (χ3n) is 4.67. The Balaban J connectivity index is 1.93. The van der Waals surface area contributed by atoms with Gasteiger partial charge in [-0.3, -0.25) is 9.10 Å². The van der Waals surface area contributed by atoms with Crippen LogP contribution >= 0.6 is 0 Å². The van der Waals surface area contributed by atoms with Crippen molar-refractivity contribution in [2.24, 2.45) is 0 Å². The number of fused-ring (bicyclic) bond motifs is 1. The summed E-state index contributed by atoms with van der Waals surface area (Å²) in [7, 11) is -2.04. The van der Waals surface area contributed by atoms with Crippen LogP contribution in [0.3, 0.4) is 0 Å². The maximum absolute atomic E-state index is 13.0. The van der Waals surface area contributed by atoms with E-state index in [0.29, 0.717) is 17.7 Å². The molecular weight excluding hydrogens is 364 g/mol. The molecule has 0 aromatic heterocycles. The number of sulfonamides is 1. The highest BCUT2D eigenvalue weighted by molar-refractivity contribution is 7.92. The van der Waals surface area contributed by atoms with Crippen molar-refractivity contribution in [3.8, 4) is 5.75 Å². The van der Waals surface area contributed by atoms with Crippen LogP contribution in [-0.4, -0.2) is 33.2 Å². The van der Waals surface area contributed by atoms with Crippen LogP contribution in [0, 0.1) is 0 Å². The van der Waals surface area contributed by atoms with E-state index in [1.165, 1.54) is 7.05 Å². The van der Waals surface area contributed by atoms with Gasteiger partial charge < -0.3 is 10.1 Å². The third-order valence-corrected chi connectivity index (χ3v) is 5.86. The van der Waals surface area contributed by atoms with Gasteiger partial charge in [0.1, 0.15) is 11.4 Å². The molecule has 2 aromatic carbocycles. The number of nitrogens with one attached hydrogen (secondary N) is 1. The number of amides is 1. The van der Waals surface area contributed by atoms with Gasteiger partial charge in [-0.2, -0.15) is 0 Å². The molecule has 0 saturated carbocycles. The van der Waals surface area contributed by atoms with Gasteiger partial charge in [-0.1, -0.05) is 30.3 Å². The summed E-state index contributed by atoms with van der Waals surface area (Å²) in [6.45, 7) is 3.96. The molecule has 27 heavy (non-hydrogen) atoms. The lowest BCUT2D eigenvalue weighted by Gasteiger charge is -2.38. The topological polar surface area (TPSA) is 75.7 Å². The smallest absolute Gasteiger partial charge is 0.253 e. The fourth-order valence-electron chi connectivity index (χ4n) is 3.29. The molecule has 0 fully saturated rings. The van der Waals surface area contributed by atoms with Gasteiger partial charge in [-0.05, 0) is 32.0 Å². The molecule has 0 spiro atoms. The highest BCUT2D eigenvalue weighted by atomic mass is 32.2. The van der Waals surface area contributed by atoms with Gasteiger partial charge in [-0.25, -0.2) is 8.42 Å². The van der Waals surface area contributed by atoms with Crippen LogP contribution < -0.4 is 14.4 Å². The molecule has 0 aliphatic carbocycles. The van der Waals surface area contributed by atoms with Crippen molar-refractivity contribution in [3.05, 3.63) is 59.7 Å². The summed E-state index contributed by atoms with van der Waals surface area (Å²) < 4.78 is 31.0. The quantitative estimate of drug-likeness (QED) is 0.873. The van der Waals surface area contributed by atoms with Crippen LogP contribution in [0.5, 0.6) is 5.75 Å². The average molecular weight is 388 g/mol. The van der Waals surface area contributed by atoms with Gasteiger partial charge in [0.05, 0.1) is 23.5 Å². The predicted octanol–water partition coefficient (Wildman–Crippen LogP) is 3.11. The molecule has 1 N–H and O–H groups in total. The Morgan fingerprint density at radius 2 is 1.78 bits per heavy atom. The minimum atomic E-state index is -3.48. The van der Waals surface area contributed by atoms with E-state index in [-0.39, 0.29) is 11.9 Å².